The van der Waals surface area contributed by atoms with Crippen LogP contribution in [0.5, 0.6) is 0 Å². The number of carbonyl (C=O) groups is 2. The molecule has 2 aromatic rings. The maximum atomic E-state index is 12.6. The molecule has 0 spiro atoms. The number of aliphatic carboxylic acids is 1. The highest BCUT2D eigenvalue weighted by Crippen LogP contribution is 2.35. The second-order valence-electron chi connectivity index (χ2n) is 8.70. The quantitative estimate of drug-likeness (QED) is 0.412. The van der Waals surface area contributed by atoms with Crippen molar-refractivity contribution in [2.45, 2.75) is 50.9 Å². The minimum absolute atomic E-state index is 0.189. The standard InChI is InChI=1S/C13H13F3O2.C12H11F3O2/c1-18-12(17)9-3-2-8-4-5-11(13(14,15)16)7-10(8)6-9;13-12(14,15)10-4-3-7-1-2-8(11(16)17)5-9(7)6-10/h4-5,7,9H,2-3,6H2,1H3;3-4,6,8H,1-2,5H2,(H,16,17). The zero-order valence-electron chi connectivity index (χ0n) is 18.8. The largest absolute Gasteiger partial charge is 0.481 e. The molecule has 0 radical (unpaired) electrons. The number of halogens is 6. The highest BCUT2D eigenvalue weighted by atomic mass is 19.4. The third-order valence-electron chi connectivity index (χ3n) is 6.41. The molecule has 0 saturated heterocycles. The first-order valence-electron chi connectivity index (χ1n) is 11.0. The first-order valence-corrected chi connectivity index (χ1v) is 11.0. The van der Waals surface area contributed by atoms with Gasteiger partial charge in [0.1, 0.15) is 0 Å². The zero-order valence-corrected chi connectivity index (χ0v) is 18.8. The van der Waals surface area contributed by atoms with Gasteiger partial charge < -0.3 is 9.84 Å². The van der Waals surface area contributed by atoms with Crippen molar-refractivity contribution in [3.8, 4) is 0 Å². The van der Waals surface area contributed by atoms with Gasteiger partial charge in [0.2, 0.25) is 0 Å². The Labute approximate surface area is 197 Å². The number of methoxy groups -OCH3 is 1. The SMILES string of the molecule is COC(=O)C1CCc2ccc(C(F)(F)F)cc2C1.O=C(O)C1CCc2ccc(C(F)(F)F)cc2C1. The number of esters is 1. The average molecular weight is 502 g/mol. The first-order chi connectivity index (χ1) is 16.3. The average Bonchev–Trinajstić information content (AvgIpc) is 2.81. The van der Waals surface area contributed by atoms with Gasteiger partial charge in [-0.15, -0.1) is 0 Å². The normalized spacial score (nSPS) is 19.5. The molecular formula is C25H24F6O4. The highest BCUT2D eigenvalue weighted by molar-refractivity contribution is 5.73. The van der Waals surface area contributed by atoms with Crippen molar-refractivity contribution in [3.05, 3.63) is 69.8 Å². The number of carboxylic acids is 1. The van der Waals surface area contributed by atoms with Crippen LogP contribution in [-0.2, 0) is 52.4 Å². The van der Waals surface area contributed by atoms with Gasteiger partial charge in [-0.2, -0.15) is 26.3 Å². The van der Waals surface area contributed by atoms with Crippen molar-refractivity contribution in [1.82, 2.24) is 0 Å². The summed E-state index contributed by atoms with van der Waals surface area (Å²) >= 11 is 0. The maximum absolute atomic E-state index is 12.6. The summed E-state index contributed by atoms with van der Waals surface area (Å²) in [5.41, 5.74) is 1.47. The molecule has 0 bridgehead atoms. The highest BCUT2D eigenvalue weighted by Gasteiger charge is 2.34. The number of aryl methyl sites for hydroxylation is 2. The Bertz CT molecular complexity index is 1090. The summed E-state index contributed by atoms with van der Waals surface area (Å²) in [6, 6.07) is 7.33. The molecule has 2 aliphatic rings. The number of ether oxygens (including phenoxy) is 1. The second kappa shape index (κ2) is 10.3. The van der Waals surface area contributed by atoms with E-state index in [1.807, 2.05) is 0 Å². The van der Waals surface area contributed by atoms with E-state index in [9.17, 15) is 35.9 Å². The van der Waals surface area contributed by atoms with E-state index in [0.717, 1.165) is 35.4 Å². The Morgan fingerprint density at radius 2 is 1.20 bits per heavy atom. The van der Waals surface area contributed by atoms with Crippen LogP contribution in [-0.4, -0.2) is 24.2 Å². The molecule has 2 atom stereocenters. The van der Waals surface area contributed by atoms with Crippen molar-refractivity contribution in [2.24, 2.45) is 11.8 Å². The lowest BCUT2D eigenvalue weighted by molar-refractivity contribution is -0.146. The van der Waals surface area contributed by atoms with Gasteiger partial charge in [-0.05, 0) is 85.0 Å². The van der Waals surface area contributed by atoms with Crippen LogP contribution in [0.4, 0.5) is 26.3 Å². The molecule has 190 valence electrons. The Balaban J connectivity index is 0.000000196. The van der Waals surface area contributed by atoms with Crippen molar-refractivity contribution in [1.29, 1.82) is 0 Å². The number of fused-ring (bicyclic) bond motifs is 2. The molecule has 0 saturated carbocycles. The lowest BCUT2D eigenvalue weighted by Crippen LogP contribution is -2.24. The molecule has 1 N–H and O–H groups in total. The maximum Gasteiger partial charge on any atom is 0.416 e. The van der Waals surface area contributed by atoms with Crippen molar-refractivity contribution in [3.63, 3.8) is 0 Å². The number of rotatable bonds is 2. The van der Waals surface area contributed by atoms with Crippen LogP contribution < -0.4 is 0 Å². The zero-order chi connectivity index (χ0) is 26.0. The summed E-state index contributed by atoms with van der Waals surface area (Å²) in [6.07, 6.45) is -5.92. The monoisotopic (exact) mass is 502 g/mol. The predicted octanol–water partition coefficient (Wildman–Crippen LogP) is 5.88. The van der Waals surface area contributed by atoms with Crippen molar-refractivity contribution in [2.75, 3.05) is 7.11 Å². The summed E-state index contributed by atoms with van der Waals surface area (Å²) in [5.74, 6) is -2.18. The lowest BCUT2D eigenvalue weighted by Gasteiger charge is -2.23. The molecule has 0 heterocycles. The summed E-state index contributed by atoms with van der Waals surface area (Å²) in [7, 11) is 1.30. The molecule has 2 unspecified atom stereocenters. The van der Waals surface area contributed by atoms with E-state index < -0.39 is 35.4 Å². The molecule has 35 heavy (non-hydrogen) atoms. The van der Waals surface area contributed by atoms with Gasteiger partial charge in [0.25, 0.3) is 0 Å². The van der Waals surface area contributed by atoms with Crippen LogP contribution in [0.15, 0.2) is 36.4 Å². The van der Waals surface area contributed by atoms with E-state index >= 15 is 0 Å². The molecule has 2 aromatic carbocycles. The third-order valence-corrected chi connectivity index (χ3v) is 6.41. The van der Waals surface area contributed by atoms with E-state index in [1.54, 1.807) is 0 Å². The van der Waals surface area contributed by atoms with E-state index in [4.69, 9.17) is 5.11 Å². The minimum atomic E-state index is -4.37. The van der Waals surface area contributed by atoms with Gasteiger partial charge >= 0.3 is 24.3 Å². The van der Waals surface area contributed by atoms with Crippen LogP contribution in [0.3, 0.4) is 0 Å². The van der Waals surface area contributed by atoms with E-state index in [0.29, 0.717) is 43.2 Å². The van der Waals surface area contributed by atoms with Gasteiger partial charge in [-0.3, -0.25) is 9.59 Å². The number of alkyl halides is 6. The summed E-state index contributed by atoms with van der Waals surface area (Å²) in [5, 5.41) is 8.87. The van der Waals surface area contributed by atoms with E-state index in [1.165, 1.54) is 19.2 Å². The topological polar surface area (TPSA) is 63.6 Å². The fourth-order valence-electron chi connectivity index (χ4n) is 4.45. The van der Waals surface area contributed by atoms with E-state index in [2.05, 4.69) is 4.74 Å². The number of benzene rings is 2. The van der Waals surface area contributed by atoms with Crippen molar-refractivity contribution >= 4 is 11.9 Å². The molecule has 0 fully saturated rings. The number of carbonyl (C=O) groups excluding carboxylic acids is 1. The number of hydrogen-bond donors (Lipinski definition) is 1. The number of hydrogen-bond acceptors (Lipinski definition) is 3. The third kappa shape index (κ3) is 6.55. The molecule has 4 nitrogen and oxygen atoms in total. The fraction of sp³-hybridized carbons (Fsp3) is 0.440. The van der Waals surface area contributed by atoms with Crippen LogP contribution in [0.1, 0.15) is 46.2 Å². The Kier molecular flexibility index (Phi) is 7.81. The van der Waals surface area contributed by atoms with E-state index in [-0.39, 0.29) is 18.3 Å². The minimum Gasteiger partial charge on any atom is -0.481 e. The Hall–Kier alpha value is -3.04. The first kappa shape index (κ1) is 26.6. The number of carboxylic acid groups (broad SMARTS) is 1. The predicted molar refractivity (Wildman–Crippen MR) is 114 cm³/mol. The van der Waals surface area contributed by atoms with Gasteiger partial charge in [-0.25, -0.2) is 0 Å². The molecule has 0 aliphatic heterocycles. The van der Waals surface area contributed by atoms with Gasteiger partial charge in [-0.1, -0.05) is 12.1 Å². The smallest absolute Gasteiger partial charge is 0.416 e. The Morgan fingerprint density at radius 1 is 0.771 bits per heavy atom. The van der Waals surface area contributed by atoms with Gasteiger partial charge in [0.05, 0.1) is 30.1 Å². The molecule has 0 aromatic heterocycles. The van der Waals surface area contributed by atoms with Crippen LogP contribution in [0.2, 0.25) is 0 Å². The second-order valence-corrected chi connectivity index (χ2v) is 8.70. The molecule has 10 heteroatoms. The van der Waals surface area contributed by atoms with Gasteiger partial charge in [0, 0.05) is 0 Å². The van der Waals surface area contributed by atoms with Crippen LogP contribution >= 0.6 is 0 Å². The molecule has 4 rings (SSSR count). The lowest BCUT2D eigenvalue weighted by atomic mass is 9.83. The summed E-state index contributed by atoms with van der Waals surface area (Å²) < 4.78 is 79.9. The molecule has 2 aliphatic carbocycles. The van der Waals surface area contributed by atoms with Gasteiger partial charge in [0.15, 0.2) is 0 Å². The van der Waals surface area contributed by atoms with Crippen LogP contribution in [0.25, 0.3) is 0 Å². The molecule has 0 amide bonds. The Morgan fingerprint density at radius 3 is 1.60 bits per heavy atom. The fourth-order valence-corrected chi connectivity index (χ4v) is 4.45. The van der Waals surface area contributed by atoms with Crippen LogP contribution in [0, 0.1) is 11.8 Å². The molecular weight excluding hydrogens is 478 g/mol. The van der Waals surface area contributed by atoms with Crippen molar-refractivity contribution < 1.29 is 45.8 Å². The summed E-state index contributed by atoms with van der Waals surface area (Å²) in [4.78, 5) is 22.2. The summed E-state index contributed by atoms with van der Waals surface area (Å²) in [6.45, 7) is 0.